The monoisotopic (exact) mass is 394 g/mol. The zero-order valence-electron chi connectivity index (χ0n) is 14.4. The Balaban J connectivity index is 1.54. The number of carbonyl (C=O) groups excluding carboxylic acids is 1. The van der Waals surface area contributed by atoms with Gasteiger partial charge in [0.15, 0.2) is 5.58 Å². The average molecular weight is 394 g/mol. The number of aromatic nitrogens is 3. The third-order valence-corrected chi connectivity index (χ3v) is 4.65. The highest BCUT2D eigenvalue weighted by Crippen LogP contribution is 2.23. The summed E-state index contributed by atoms with van der Waals surface area (Å²) in [5.74, 6) is -0.312. The van der Waals surface area contributed by atoms with Crippen LogP contribution in [0.2, 0.25) is 0 Å². The zero-order valence-corrected chi connectivity index (χ0v) is 15.2. The number of aromatic amines is 1. The van der Waals surface area contributed by atoms with Gasteiger partial charge in [-0.1, -0.05) is 42.1 Å². The van der Waals surface area contributed by atoms with Crippen molar-refractivity contribution in [1.29, 1.82) is 0 Å². The molecule has 4 rings (SSSR count). The van der Waals surface area contributed by atoms with Gasteiger partial charge in [-0.25, -0.2) is 14.3 Å². The number of hydrogen-bond donors (Lipinski definition) is 2. The van der Waals surface area contributed by atoms with Gasteiger partial charge in [-0.05, 0) is 24.3 Å². The number of amides is 1. The molecule has 0 unspecified atom stereocenters. The number of thioether (sulfide) groups is 1. The first-order valence-electron chi connectivity index (χ1n) is 8.30. The van der Waals surface area contributed by atoms with Crippen LogP contribution in [0, 0.1) is 0 Å². The molecule has 8 nitrogen and oxygen atoms in total. The van der Waals surface area contributed by atoms with E-state index in [-0.39, 0.29) is 11.6 Å². The van der Waals surface area contributed by atoms with Crippen LogP contribution >= 0.6 is 11.8 Å². The van der Waals surface area contributed by atoms with E-state index < -0.39 is 17.2 Å². The third kappa shape index (κ3) is 3.74. The molecule has 140 valence electrons. The second-order valence-corrected chi connectivity index (χ2v) is 6.71. The van der Waals surface area contributed by atoms with Crippen molar-refractivity contribution in [3.8, 4) is 5.69 Å². The number of benzene rings is 2. The van der Waals surface area contributed by atoms with Gasteiger partial charge < -0.3 is 9.73 Å². The molecule has 0 saturated carbocycles. The molecule has 0 aliphatic heterocycles. The molecule has 2 heterocycles. The summed E-state index contributed by atoms with van der Waals surface area (Å²) in [7, 11) is 0. The molecule has 0 spiro atoms. The highest BCUT2D eigenvalue weighted by Gasteiger charge is 2.13. The molecule has 0 saturated heterocycles. The van der Waals surface area contributed by atoms with Gasteiger partial charge in [-0.2, -0.15) is 0 Å². The van der Waals surface area contributed by atoms with Crippen LogP contribution in [0.1, 0.15) is 0 Å². The summed E-state index contributed by atoms with van der Waals surface area (Å²) in [6, 6.07) is 17.2. The molecular weight excluding hydrogens is 380 g/mol. The van der Waals surface area contributed by atoms with Crippen LogP contribution in [0.15, 0.2) is 79.9 Å². The number of anilines is 1. The highest BCUT2D eigenvalue weighted by atomic mass is 32.2. The maximum atomic E-state index is 12.4. The fourth-order valence-electron chi connectivity index (χ4n) is 2.64. The first-order chi connectivity index (χ1) is 13.6. The van der Waals surface area contributed by atoms with Gasteiger partial charge in [0, 0.05) is 6.07 Å². The molecule has 2 N–H and O–H groups in total. The summed E-state index contributed by atoms with van der Waals surface area (Å²) in [6.45, 7) is 0. The summed E-state index contributed by atoms with van der Waals surface area (Å²) in [6.07, 6.45) is 0. The molecule has 0 aliphatic carbocycles. The van der Waals surface area contributed by atoms with E-state index in [1.54, 1.807) is 36.4 Å². The maximum absolute atomic E-state index is 12.4. The van der Waals surface area contributed by atoms with Crippen LogP contribution in [0.5, 0.6) is 0 Å². The Morgan fingerprint density at radius 3 is 2.64 bits per heavy atom. The highest BCUT2D eigenvalue weighted by molar-refractivity contribution is 7.99. The van der Waals surface area contributed by atoms with Crippen LogP contribution in [0.3, 0.4) is 0 Å². The summed E-state index contributed by atoms with van der Waals surface area (Å²) >= 11 is 1.12. The number of nitrogens with zero attached hydrogens (tertiary/aromatic N) is 2. The predicted octanol–water partition coefficient (Wildman–Crippen LogP) is 2.40. The van der Waals surface area contributed by atoms with E-state index in [0.29, 0.717) is 22.0 Å². The van der Waals surface area contributed by atoms with E-state index in [1.165, 1.54) is 4.57 Å². The van der Waals surface area contributed by atoms with Crippen LogP contribution in [0.4, 0.5) is 5.82 Å². The van der Waals surface area contributed by atoms with Gasteiger partial charge >= 0.3 is 5.69 Å². The lowest BCUT2D eigenvalue weighted by Crippen LogP contribution is -2.32. The number of hydrogen-bond acceptors (Lipinski definition) is 6. The molecule has 0 atom stereocenters. The Morgan fingerprint density at radius 1 is 1.11 bits per heavy atom. The summed E-state index contributed by atoms with van der Waals surface area (Å²) in [5, 5.41) is 2.97. The van der Waals surface area contributed by atoms with Crippen molar-refractivity contribution >= 4 is 34.6 Å². The number of fused-ring (bicyclic) bond motifs is 1. The minimum Gasteiger partial charge on any atom is -0.431 e. The van der Waals surface area contributed by atoms with Crippen LogP contribution in [-0.2, 0) is 4.79 Å². The second-order valence-electron chi connectivity index (χ2n) is 5.78. The second kappa shape index (κ2) is 7.57. The van der Waals surface area contributed by atoms with E-state index in [4.69, 9.17) is 4.42 Å². The largest absolute Gasteiger partial charge is 0.431 e. The van der Waals surface area contributed by atoms with E-state index in [1.807, 2.05) is 18.2 Å². The SMILES string of the molecule is O=C(CSc1nc2ccccc2o1)Nc1cc(=O)[nH]c(=O)n1-c1ccccc1. The Bertz CT molecular complexity index is 1230. The van der Waals surface area contributed by atoms with Crippen LogP contribution < -0.4 is 16.6 Å². The minimum atomic E-state index is -0.638. The standard InChI is InChI=1S/C19H14N4O4S/c24-16-10-15(23(18(26)22-16)12-6-2-1-3-7-12)21-17(25)11-28-19-20-13-8-4-5-9-14(13)27-19/h1-10H,11H2,(H,21,25)(H,22,24,26). The molecule has 0 bridgehead atoms. The maximum Gasteiger partial charge on any atom is 0.334 e. The molecule has 1 amide bonds. The van der Waals surface area contributed by atoms with E-state index in [2.05, 4.69) is 15.3 Å². The Hall–Kier alpha value is -3.59. The lowest BCUT2D eigenvalue weighted by molar-refractivity contribution is -0.113. The van der Waals surface area contributed by atoms with Crippen molar-refractivity contribution in [2.24, 2.45) is 0 Å². The Kier molecular flexibility index (Phi) is 4.81. The number of oxazole rings is 1. The molecule has 2 aromatic heterocycles. The smallest absolute Gasteiger partial charge is 0.334 e. The average Bonchev–Trinajstić information content (AvgIpc) is 3.10. The number of rotatable bonds is 5. The summed E-state index contributed by atoms with van der Waals surface area (Å²) in [4.78, 5) is 42.8. The molecule has 0 fully saturated rings. The van der Waals surface area contributed by atoms with Gasteiger partial charge in [0.1, 0.15) is 11.3 Å². The number of carbonyl (C=O) groups is 1. The number of para-hydroxylation sites is 3. The fraction of sp³-hybridized carbons (Fsp3) is 0.0526. The third-order valence-electron chi connectivity index (χ3n) is 3.82. The van der Waals surface area contributed by atoms with Crippen molar-refractivity contribution in [3.63, 3.8) is 0 Å². The molecular formula is C19H14N4O4S. The quantitative estimate of drug-likeness (QED) is 0.503. The number of H-pyrrole nitrogens is 1. The molecule has 0 radical (unpaired) electrons. The normalized spacial score (nSPS) is 10.9. The van der Waals surface area contributed by atoms with Crippen molar-refractivity contribution in [2.75, 3.05) is 11.1 Å². The van der Waals surface area contributed by atoms with Crippen molar-refractivity contribution < 1.29 is 9.21 Å². The zero-order chi connectivity index (χ0) is 19.5. The Morgan fingerprint density at radius 2 is 1.86 bits per heavy atom. The van der Waals surface area contributed by atoms with Crippen molar-refractivity contribution in [2.45, 2.75) is 5.22 Å². The van der Waals surface area contributed by atoms with Crippen molar-refractivity contribution in [3.05, 3.63) is 81.5 Å². The molecule has 0 aliphatic rings. The van der Waals surface area contributed by atoms with Gasteiger partial charge in [-0.3, -0.25) is 14.6 Å². The predicted molar refractivity (Wildman–Crippen MR) is 106 cm³/mol. The van der Waals surface area contributed by atoms with Crippen molar-refractivity contribution in [1.82, 2.24) is 14.5 Å². The molecule has 9 heteroatoms. The topological polar surface area (TPSA) is 110 Å². The first kappa shape index (κ1) is 17.8. The summed E-state index contributed by atoms with van der Waals surface area (Å²) in [5.41, 5.74) is 0.626. The molecule has 4 aromatic rings. The summed E-state index contributed by atoms with van der Waals surface area (Å²) < 4.78 is 6.79. The van der Waals surface area contributed by atoms with Gasteiger partial charge in [0.25, 0.3) is 10.8 Å². The van der Waals surface area contributed by atoms with Gasteiger partial charge in [0.05, 0.1) is 11.4 Å². The fourth-order valence-corrected chi connectivity index (χ4v) is 3.28. The van der Waals surface area contributed by atoms with Gasteiger partial charge in [-0.15, -0.1) is 0 Å². The van der Waals surface area contributed by atoms with Gasteiger partial charge in [0.2, 0.25) is 5.91 Å². The van der Waals surface area contributed by atoms with Crippen LogP contribution in [0.25, 0.3) is 16.8 Å². The van der Waals surface area contributed by atoms with E-state index in [9.17, 15) is 14.4 Å². The van der Waals surface area contributed by atoms with E-state index >= 15 is 0 Å². The molecule has 2 aromatic carbocycles. The minimum absolute atomic E-state index is 0.00258. The van der Waals surface area contributed by atoms with E-state index in [0.717, 1.165) is 17.8 Å². The first-order valence-corrected chi connectivity index (χ1v) is 9.29. The lowest BCUT2D eigenvalue weighted by atomic mass is 10.3. The van der Waals surface area contributed by atoms with Crippen LogP contribution in [-0.4, -0.2) is 26.2 Å². The Labute approximate surface area is 162 Å². The lowest BCUT2D eigenvalue weighted by Gasteiger charge is -2.12. The molecule has 28 heavy (non-hydrogen) atoms. The number of nitrogens with one attached hydrogen (secondary N) is 2.